The van der Waals surface area contributed by atoms with E-state index in [2.05, 4.69) is 19.9 Å². The Hall–Kier alpha value is -1.08. The van der Waals surface area contributed by atoms with Gasteiger partial charge in [-0.15, -0.1) is 0 Å². The zero-order valence-electron chi connectivity index (χ0n) is 10.3. The van der Waals surface area contributed by atoms with E-state index in [1.807, 2.05) is 0 Å². The molecule has 1 rings (SSSR count). The van der Waals surface area contributed by atoms with Crippen LogP contribution in [0.2, 0.25) is 0 Å². The van der Waals surface area contributed by atoms with E-state index in [9.17, 15) is 4.79 Å². The molecule has 1 amide bonds. The van der Waals surface area contributed by atoms with Crippen molar-refractivity contribution in [2.75, 3.05) is 26.8 Å². The zero-order valence-corrected chi connectivity index (χ0v) is 10.3. The molecule has 0 bridgehead atoms. The van der Waals surface area contributed by atoms with E-state index >= 15 is 0 Å². The molecule has 0 atom stereocenters. The van der Waals surface area contributed by atoms with Gasteiger partial charge < -0.3 is 9.64 Å². The van der Waals surface area contributed by atoms with Crippen LogP contribution in [-0.2, 0) is 9.53 Å². The Morgan fingerprint density at radius 2 is 2.19 bits per heavy atom. The van der Waals surface area contributed by atoms with Crippen molar-refractivity contribution >= 4 is 5.91 Å². The second kappa shape index (κ2) is 5.31. The summed E-state index contributed by atoms with van der Waals surface area (Å²) >= 11 is 0. The fourth-order valence-electron chi connectivity index (χ4n) is 1.75. The molecule has 16 heavy (non-hydrogen) atoms. The molecule has 1 fully saturated rings. The lowest BCUT2D eigenvalue weighted by Crippen LogP contribution is -2.53. The normalized spacial score (nSPS) is 17.7. The van der Waals surface area contributed by atoms with E-state index in [0.29, 0.717) is 5.92 Å². The Morgan fingerprint density at radius 3 is 2.56 bits per heavy atom. The van der Waals surface area contributed by atoms with Gasteiger partial charge in [0.2, 0.25) is 5.91 Å². The molecule has 1 aliphatic rings. The molecule has 0 aromatic heterocycles. The van der Waals surface area contributed by atoms with Gasteiger partial charge in [-0.1, -0.05) is 13.8 Å². The number of hydrogen-bond donors (Lipinski definition) is 0. The number of nitriles is 1. The molecule has 0 aliphatic carbocycles. The largest absolute Gasteiger partial charge is 0.377 e. The first-order chi connectivity index (χ1) is 7.52. The summed E-state index contributed by atoms with van der Waals surface area (Å²) in [5.74, 6) is 0.561. The van der Waals surface area contributed by atoms with Gasteiger partial charge in [0, 0.05) is 13.6 Å². The first-order valence-electron chi connectivity index (χ1n) is 5.76. The highest BCUT2D eigenvalue weighted by atomic mass is 16.5. The maximum atomic E-state index is 12.0. The number of rotatable bonds is 5. The molecule has 1 saturated heterocycles. The van der Waals surface area contributed by atoms with Crippen LogP contribution in [-0.4, -0.2) is 37.6 Å². The van der Waals surface area contributed by atoms with Crippen LogP contribution in [0.5, 0.6) is 0 Å². The van der Waals surface area contributed by atoms with Crippen molar-refractivity contribution in [3.8, 4) is 6.07 Å². The van der Waals surface area contributed by atoms with Crippen LogP contribution in [0.4, 0.5) is 0 Å². The van der Waals surface area contributed by atoms with Crippen molar-refractivity contribution in [2.45, 2.75) is 26.7 Å². The summed E-state index contributed by atoms with van der Waals surface area (Å²) < 4.78 is 4.97. The predicted octanol–water partition coefficient (Wildman–Crippen LogP) is 1.42. The minimum Gasteiger partial charge on any atom is -0.377 e. The number of amides is 1. The Kier molecular flexibility index (Phi) is 4.31. The monoisotopic (exact) mass is 224 g/mol. The smallest absolute Gasteiger partial charge is 0.247 e. The number of carbonyl (C=O) groups excluding carboxylic acids is 1. The zero-order chi connectivity index (χ0) is 12.2. The van der Waals surface area contributed by atoms with Gasteiger partial charge in [-0.2, -0.15) is 5.26 Å². The molecule has 0 saturated carbocycles. The highest BCUT2D eigenvalue weighted by Crippen LogP contribution is 2.28. The Morgan fingerprint density at radius 1 is 1.56 bits per heavy atom. The van der Waals surface area contributed by atoms with Crippen molar-refractivity contribution in [2.24, 2.45) is 11.3 Å². The van der Waals surface area contributed by atoms with Gasteiger partial charge in [0.1, 0.15) is 0 Å². The third-order valence-corrected chi connectivity index (χ3v) is 2.94. The van der Waals surface area contributed by atoms with Crippen LogP contribution in [0.25, 0.3) is 0 Å². The molecule has 4 nitrogen and oxygen atoms in total. The van der Waals surface area contributed by atoms with Gasteiger partial charge in [0.25, 0.3) is 0 Å². The van der Waals surface area contributed by atoms with Crippen molar-refractivity contribution in [3.05, 3.63) is 0 Å². The summed E-state index contributed by atoms with van der Waals surface area (Å²) in [6.45, 7) is 5.55. The lowest BCUT2D eigenvalue weighted by atomic mass is 9.86. The van der Waals surface area contributed by atoms with E-state index in [1.165, 1.54) is 0 Å². The third kappa shape index (κ3) is 2.73. The summed E-state index contributed by atoms with van der Waals surface area (Å²) in [6.07, 6.45) is 2.09. The minimum atomic E-state index is -0.896. The van der Waals surface area contributed by atoms with Gasteiger partial charge in [-0.25, -0.2) is 0 Å². The van der Waals surface area contributed by atoms with Crippen molar-refractivity contribution in [3.63, 3.8) is 0 Å². The molecular weight excluding hydrogens is 204 g/mol. The third-order valence-electron chi connectivity index (χ3n) is 2.94. The highest BCUT2D eigenvalue weighted by Gasteiger charge is 2.47. The van der Waals surface area contributed by atoms with Crippen LogP contribution < -0.4 is 0 Å². The molecule has 0 spiro atoms. The Bertz CT molecular complexity index is 290. The van der Waals surface area contributed by atoms with Crippen LogP contribution in [0.15, 0.2) is 0 Å². The lowest BCUT2D eigenvalue weighted by molar-refractivity contribution is -0.159. The van der Waals surface area contributed by atoms with Crippen LogP contribution in [0.3, 0.4) is 0 Å². The van der Waals surface area contributed by atoms with Crippen molar-refractivity contribution in [1.29, 1.82) is 5.26 Å². The summed E-state index contributed by atoms with van der Waals surface area (Å²) in [4.78, 5) is 13.6. The molecule has 1 aliphatic heterocycles. The number of carbonyl (C=O) groups is 1. The second-order valence-corrected chi connectivity index (χ2v) is 4.95. The summed E-state index contributed by atoms with van der Waals surface area (Å²) in [5, 5.41) is 8.99. The summed E-state index contributed by atoms with van der Waals surface area (Å²) in [7, 11) is 1.76. The van der Waals surface area contributed by atoms with Crippen molar-refractivity contribution in [1.82, 2.24) is 4.90 Å². The summed E-state index contributed by atoms with van der Waals surface area (Å²) in [6, 6.07) is 2.08. The molecule has 0 radical (unpaired) electrons. The standard InChI is InChI=1S/C12H20N2O2/c1-10(2)5-4-6-14(3)11(15)12(7-13)8-16-9-12/h10H,4-6,8-9H2,1-3H3. The Labute approximate surface area is 97.2 Å². The van der Waals surface area contributed by atoms with Crippen LogP contribution >= 0.6 is 0 Å². The highest BCUT2D eigenvalue weighted by molar-refractivity contribution is 5.86. The van der Waals surface area contributed by atoms with Crippen molar-refractivity contribution < 1.29 is 9.53 Å². The quantitative estimate of drug-likeness (QED) is 0.709. The lowest BCUT2D eigenvalue weighted by Gasteiger charge is -2.36. The van der Waals surface area contributed by atoms with E-state index in [4.69, 9.17) is 10.00 Å². The first kappa shape index (κ1) is 13.0. The minimum absolute atomic E-state index is 0.0926. The molecule has 0 aromatic rings. The number of ether oxygens (including phenoxy) is 1. The van der Waals surface area contributed by atoms with Gasteiger partial charge in [0.05, 0.1) is 19.3 Å². The van der Waals surface area contributed by atoms with Crippen LogP contribution in [0, 0.1) is 22.7 Å². The van der Waals surface area contributed by atoms with Gasteiger partial charge in [-0.05, 0) is 18.8 Å². The van der Waals surface area contributed by atoms with E-state index in [-0.39, 0.29) is 19.1 Å². The molecule has 0 aromatic carbocycles. The summed E-state index contributed by atoms with van der Waals surface area (Å²) in [5.41, 5.74) is -0.896. The maximum Gasteiger partial charge on any atom is 0.247 e. The fourth-order valence-corrected chi connectivity index (χ4v) is 1.75. The van der Waals surface area contributed by atoms with E-state index in [1.54, 1.807) is 11.9 Å². The molecule has 0 unspecified atom stereocenters. The molecule has 90 valence electrons. The fraction of sp³-hybridized carbons (Fsp3) is 0.833. The average molecular weight is 224 g/mol. The molecular formula is C12H20N2O2. The molecule has 4 heteroatoms. The molecule has 0 N–H and O–H groups in total. The maximum absolute atomic E-state index is 12.0. The molecule has 1 heterocycles. The topological polar surface area (TPSA) is 53.3 Å². The second-order valence-electron chi connectivity index (χ2n) is 4.95. The van der Waals surface area contributed by atoms with Gasteiger partial charge >= 0.3 is 0 Å². The van der Waals surface area contributed by atoms with Gasteiger partial charge in [0.15, 0.2) is 5.41 Å². The average Bonchev–Trinajstić information content (AvgIpc) is 2.16. The SMILES string of the molecule is CC(C)CCCN(C)C(=O)C1(C#N)COC1. The van der Waals surface area contributed by atoms with Crippen LogP contribution in [0.1, 0.15) is 26.7 Å². The van der Waals surface area contributed by atoms with E-state index < -0.39 is 5.41 Å². The number of hydrogen-bond acceptors (Lipinski definition) is 3. The van der Waals surface area contributed by atoms with E-state index in [0.717, 1.165) is 19.4 Å². The Balaban J connectivity index is 2.39. The first-order valence-corrected chi connectivity index (χ1v) is 5.76. The van der Waals surface area contributed by atoms with Gasteiger partial charge in [-0.3, -0.25) is 4.79 Å². The predicted molar refractivity (Wildman–Crippen MR) is 60.6 cm³/mol. The number of nitrogens with zero attached hydrogens (tertiary/aromatic N) is 2.